The number of ether oxygens (including phenoxy) is 1. The van der Waals surface area contributed by atoms with Gasteiger partial charge in [-0.1, -0.05) is 11.6 Å². The molecule has 0 bridgehead atoms. The molecule has 0 spiro atoms. The van der Waals surface area contributed by atoms with Crippen molar-refractivity contribution in [3.63, 3.8) is 0 Å². The topological polar surface area (TPSA) is 33.0 Å². The summed E-state index contributed by atoms with van der Waals surface area (Å²) in [7, 11) is 1.58. The third kappa shape index (κ3) is 1.24. The maximum absolute atomic E-state index is 8.90. The highest BCUT2D eigenvalue weighted by Gasteiger charge is 2.11. The number of hydrogen-bond acceptors (Lipinski definition) is 3. The molecule has 2 rings (SSSR count). The van der Waals surface area contributed by atoms with E-state index in [0.29, 0.717) is 16.3 Å². The van der Waals surface area contributed by atoms with E-state index in [1.165, 1.54) is 11.3 Å². The molecule has 0 saturated heterocycles. The van der Waals surface area contributed by atoms with Gasteiger partial charge in [-0.05, 0) is 17.5 Å². The van der Waals surface area contributed by atoms with Gasteiger partial charge in [0.2, 0.25) is 0 Å². The Kier molecular flexibility index (Phi) is 2.32. The van der Waals surface area contributed by atoms with Crippen molar-refractivity contribution in [2.75, 3.05) is 7.11 Å². The Morgan fingerprint density at radius 1 is 1.57 bits per heavy atom. The number of thiophene rings is 1. The monoisotopic (exact) mass is 223 g/mol. The number of fused-ring (bicyclic) bond motifs is 1. The van der Waals surface area contributed by atoms with E-state index in [2.05, 4.69) is 6.07 Å². The first-order valence-electron chi connectivity index (χ1n) is 3.91. The van der Waals surface area contributed by atoms with E-state index < -0.39 is 0 Å². The lowest BCUT2D eigenvalue weighted by Gasteiger charge is -2.04. The Balaban J connectivity index is 2.90. The fourth-order valence-corrected chi connectivity index (χ4v) is 2.64. The zero-order chi connectivity index (χ0) is 10.1. The highest BCUT2D eigenvalue weighted by atomic mass is 35.5. The van der Waals surface area contributed by atoms with E-state index in [9.17, 15) is 0 Å². The number of nitrogens with zero attached hydrogens (tertiary/aromatic N) is 1. The van der Waals surface area contributed by atoms with E-state index in [1.54, 1.807) is 13.2 Å². The van der Waals surface area contributed by atoms with Crippen LogP contribution in [0.15, 0.2) is 17.5 Å². The lowest BCUT2D eigenvalue weighted by atomic mass is 10.1. The summed E-state index contributed by atoms with van der Waals surface area (Å²) in [6.07, 6.45) is 0. The molecule has 1 heterocycles. The minimum Gasteiger partial charge on any atom is -0.494 e. The van der Waals surface area contributed by atoms with Gasteiger partial charge in [0.15, 0.2) is 5.75 Å². The average molecular weight is 224 g/mol. The lowest BCUT2D eigenvalue weighted by Crippen LogP contribution is -1.86. The predicted octanol–water partition coefficient (Wildman–Crippen LogP) is 3.43. The SMILES string of the molecule is COc1c(Cl)cc(C#N)c2ccsc12. The van der Waals surface area contributed by atoms with Crippen LogP contribution in [-0.2, 0) is 0 Å². The van der Waals surface area contributed by atoms with Crippen LogP contribution in [0.25, 0.3) is 10.1 Å². The van der Waals surface area contributed by atoms with Crippen LogP contribution in [0, 0.1) is 11.3 Å². The fraction of sp³-hybridized carbons (Fsp3) is 0.100. The molecule has 2 nitrogen and oxygen atoms in total. The van der Waals surface area contributed by atoms with Crippen molar-refractivity contribution in [3.05, 3.63) is 28.1 Å². The zero-order valence-corrected chi connectivity index (χ0v) is 8.95. The first kappa shape index (κ1) is 9.32. The van der Waals surface area contributed by atoms with Crippen molar-refractivity contribution < 1.29 is 4.74 Å². The van der Waals surface area contributed by atoms with Crippen molar-refractivity contribution in [2.45, 2.75) is 0 Å². The van der Waals surface area contributed by atoms with Crippen molar-refractivity contribution >= 4 is 33.0 Å². The molecule has 0 amide bonds. The van der Waals surface area contributed by atoms with Gasteiger partial charge in [-0.25, -0.2) is 0 Å². The Morgan fingerprint density at radius 2 is 2.36 bits per heavy atom. The molecule has 0 aliphatic carbocycles. The van der Waals surface area contributed by atoms with Crippen LogP contribution in [0.3, 0.4) is 0 Å². The summed E-state index contributed by atoms with van der Waals surface area (Å²) in [4.78, 5) is 0. The molecule has 0 aliphatic rings. The first-order valence-corrected chi connectivity index (χ1v) is 5.17. The van der Waals surface area contributed by atoms with Gasteiger partial charge in [0.05, 0.1) is 28.5 Å². The molecule has 0 atom stereocenters. The Labute approximate surface area is 90.3 Å². The number of halogens is 1. The lowest BCUT2D eigenvalue weighted by molar-refractivity contribution is 0.420. The van der Waals surface area contributed by atoms with Crippen molar-refractivity contribution in [3.8, 4) is 11.8 Å². The second-order valence-electron chi connectivity index (χ2n) is 2.71. The minimum atomic E-state index is 0.485. The van der Waals surface area contributed by atoms with Gasteiger partial charge in [0.25, 0.3) is 0 Å². The van der Waals surface area contributed by atoms with Crippen LogP contribution < -0.4 is 4.74 Å². The van der Waals surface area contributed by atoms with Crippen LogP contribution >= 0.6 is 22.9 Å². The molecule has 1 aromatic carbocycles. The van der Waals surface area contributed by atoms with Crippen molar-refractivity contribution in [1.29, 1.82) is 5.26 Å². The summed E-state index contributed by atoms with van der Waals surface area (Å²) in [5.41, 5.74) is 0.590. The number of benzene rings is 1. The van der Waals surface area contributed by atoms with Gasteiger partial charge in [0, 0.05) is 5.39 Å². The smallest absolute Gasteiger partial charge is 0.155 e. The Bertz CT molecular complexity index is 527. The molecule has 0 fully saturated rings. The molecule has 0 unspecified atom stereocenters. The quantitative estimate of drug-likeness (QED) is 0.742. The molecule has 2 aromatic rings. The molecular formula is C10H6ClNOS. The summed E-state index contributed by atoms with van der Waals surface area (Å²) in [5.74, 6) is 0.649. The Morgan fingerprint density at radius 3 is 3.00 bits per heavy atom. The maximum Gasteiger partial charge on any atom is 0.155 e. The number of methoxy groups -OCH3 is 1. The van der Waals surface area contributed by atoms with Gasteiger partial charge in [-0.15, -0.1) is 11.3 Å². The van der Waals surface area contributed by atoms with Gasteiger partial charge >= 0.3 is 0 Å². The number of nitriles is 1. The van der Waals surface area contributed by atoms with Crippen LogP contribution in [0.2, 0.25) is 5.02 Å². The van der Waals surface area contributed by atoms with Crippen LogP contribution in [0.4, 0.5) is 0 Å². The standard InChI is InChI=1S/C10H6ClNOS/c1-13-9-8(11)4-6(5-12)7-2-3-14-10(7)9/h2-4H,1H3. The number of hydrogen-bond donors (Lipinski definition) is 0. The average Bonchev–Trinajstić information content (AvgIpc) is 2.65. The van der Waals surface area contributed by atoms with E-state index in [0.717, 1.165) is 10.1 Å². The van der Waals surface area contributed by atoms with E-state index in [4.69, 9.17) is 21.6 Å². The molecular weight excluding hydrogens is 218 g/mol. The van der Waals surface area contributed by atoms with E-state index in [-0.39, 0.29) is 0 Å². The highest BCUT2D eigenvalue weighted by Crippen LogP contribution is 2.38. The number of rotatable bonds is 1. The predicted molar refractivity (Wildman–Crippen MR) is 58.1 cm³/mol. The molecule has 1 aromatic heterocycles. The van der Waals surface area contributed by atoms with Crippen molar-refractivity contribution in [2.24, 2.45) is 0 Å². The Hall–Kier alpha value is -1.24. The van der Waals surface area contributed by atoms with Crippen LogP contribution in [0.1, 0.15) is 5.56 Å². The maximum atomic E-state index is 8.90. The van der Waals surface area contributed by atoms with Gasteiger partial charge in [-0.2, -0.15) is 5.26 Å². The molecule has 0 N–H and O–H groups in total. The summed E-state index contributed by atoms with van der Waals surface area (Å²) in [5, 5.41) is 12.2. The van der Waals surface area contributed by atoms with Gasteiger partial charge in [0.1, 0.15) is 0 Å². The van der Waals surface area contributed by atoms with Crippen LogP contribution in [0.5, 0.6) is 5.75 Å². The second kappa shape index (κ2) is 3.49. The second-order valence-corrected chi connectivity index (χ2v) is 4.04. The third-order valence-electron chi connectivity index (χ3n) is 1.97. The molecule has 0 aliphatic heterocycles. The van der Waals surface area contributed by atoms with Crippen LogP contribution in [-0.4, -0.2) is 7.11 Å². The molecule has 0 radical (unpaired) electrons. The summed E-state index contributed by atoms with van der Waals surface area (Å²) in [6, 6.07) is 5.65. The highest BCUT2D eigenvalue weighted by molar-refractivity contribution is 7.17. The first-order chi connectivity index (χ1) is 6.77. The van der Waals surface area contributed by atoms with Gasteiger partial charge < -0.3 is 4.74 Å². The summed E-state index contributed by atoms with van der Waals surface area (Å²) < 4.78 is 6.11. The van der Waals surface area contributed by atoms with Gasteiger partial charge in [-0.3, -0.25) is 0 Å². The molecule has 14 heavy (non-hydrogen) atoms. The normalized spacial score (nSPS) is 10.1. The van der Waals surface area contributed by atoms with Crippen molar-refractivity contribution in [1.82, 2.24) is 0 Å². The zero-order valence-electron chi connectivity index (χ0n) is 7.37. The summed E-state index contributed by atoms with van der Waals surface area (Å²) >= 11 is 7.50. The summed E-state index contributed by atoms with van der Waals surface area (Å²) in [6.45, 7) is 0. The fourth-order valence-electron chi connectivity index (χ4n) is 1.36. The molecule has 4 heteroatoms. The largest absolute Gasteiger partial charge is 0.494 e. The van der Waals surface area contributed by atoms with E-state index in [1.807, 2.05) is 11.4 Å². The third-order valence-corrected chi connectivity index (χ3v) is 3.17. The van der Waals surface area contributed by atoms with E-state index >= 15 is 0 Å². The minimum absolute atomic E-state index is 0.485. The molecule has 0 saturated carbocycles. The molecule has 70 valence electrons.